The van der Waals surface area contributed by atoms with Gasteiger partial charge >= 0.3 is 5.97 Å². The number of hydrogen-bond donors (Lipinski definition) is 1. The lowest BCUT2D eigenvalue weighted by Crippen LogP contribution is -2.35. The molecule has 30 heavy (non-hydrogen) atoms. The molecule has 0 fully saturated rings. The standard InChI is InChI=1S/C23H23NO5S/c1-17-8-14-21(15-9-17)30(26,27)24-22(19-10-12-20(28-2)13-11-19)23(25)29-16-18-6-4-3-5-7-18/h3-15,22,24H,16H2,1-2H3/t22-/m0/s1. The molecule has 0 aliphatic rings. The average molecular weight is 426 g/mol. The van der Waals surface area contributed by atoms with E-state index in [9.17, 15) is 13.2 Å². The third-order valence-corrected chi connectivity index (χ3v) is 5.95. The summed E-state index contributed by atoms with van der Waals surface area (Å²) in [7, 11) is -2.42. The minimum absolute atomic E-state index is 0.0403. The average Bonchev–Trinajstić information content (AvgIpc) is 2.77. The summed E-state index contributed by atoms with van der Waals surface area (Å²) in [6.07, 6.45) is 0. The highest BCUT2D eigenvalue weighted by Crippen LogP contribution is 2.22. The number of rotatable bonds is 8. The Balaban J connectivity index is 1.86. The molecule has 6 nitrogen and oxygen atoms in total. The quantitative estimate of drug-likeness (QED) is 0.556. The van der Waals surface area contributed by atoms with Crippen molar-refractivity contribution in [2.45, 2.75) is 24.5 Å². The summed E-state index contributed by atoms with van der Waals surface area (Å²) in [6, 6.07) is 21.0. The number of esters is 1. The third kappa shape index (κ3) is 5.46. The Morgan fingerprint density at radius 1 is 0.933 bits per heavy atom. The molecule has 156 valence electrons. The zero-order valence-corrected chi connectivity index (χ0v) is 17.6. The fraction of sp³-hybridized carbons (Fsp3) is 0.174. The minimum Gasteiger partial charge on any atom is -0.497 e. The van der Waals surface area contributed by atoms with Gasteiger partial charge in [-0.2, -0.15) is 4.72 Å². The van der Waals surface area contributed by atoms with Crippen LogP contribution in [0.2, 0.25) is 0 Å². The maximum atomic E-state index is 12.9. The van der Waals surface area contributed by atoms with Gasteiger partial charge in [-0.15, -0.1) is 0 Å². The van der Waals surface area contributed by atoms with Crippen LogP contribution in [0.3, 0.4) is 0 Å². The first-order valence-electron chi connectivity index (χ1n) is 9.32. The van der Waals surface area contributed by atoms with Crippen molar-refractivity contribution in [1.82, 2.24) is 4.72 Å². The number of hydrogen-bond acceptors (Lipinski definition) is 5. The molecule has 7 heteroatoms. The summed E-state index contributed by atoms with van der Waals surface area (Å²) in [5, 5.41) is 0. The highest BCUT2D eigenvalue weighted by Gasteiger charge is 2.28. The van der Waals surface area contributed by atoms with Crippen molar-refractivity contribution in [3.63, 3.8) is 0 Å². The molecule has 1 atom stereocenters. The Kier molecular flexibility index (Phi) is 6.87. The van der Waals surface area contributed by atoms with Gasteiger partial charge in [-0.05, 0) is 42.3 Å². The van der Waals surface area contributed by atoms with Gasteiger partial charge in [-0.3, -0.25) is 0 Å². The number of benzene rings is 3. The van der Waals surface area contributed by atoms with Gasteiger partial charge in [0.05, 0.1) is 12.0 Å². The topological polar surface area (TPSA) is 81.7 Å². The van der Waals surface area contributed by atoms with Crippen LogP contribution in [0.25, 0.3) is 0 Å². The lowest BCUT2D eigenvalue weighted by atomic mass is 10.1. The minimum atomic E-state index is -3.95. The molecule has 0 aromatic heterocycles. The number of aryl methyl sites for hydroxylation is 1. The lowest BCUT2D eigenvalue weighted by molar-refractivity contribution is -0.147. The third-order valence-electron chi connectivity index (χ3n) is 4.51. The van der Waals surface area contributed by atoms with E-state index in [1.807, 2.05) is 37.3 Å². The molecular formula is C23H23NO5S. The summed E-state index contributed by atoms with van der Waals surface area (Å²) in [5.41, 5.74) is 2.19. The zero-order chi connectivity index (χ0) is 21.6. The first kappa shape index (κ1) is 21.5. The van der Waals surface area contributed by atoms with Crippen LogP contribution in [0.4, 0.5) is 0 Å². The van der Waals surface area contributed by atoms with Crippen LogP contribution in [0.5, 0.6) is 5.75 Å². The number of sulfonamides is 1. The van der Waals surface area contributed by atoms with Crippen LogP contribution in [-0.2, 0) is 26.2 Å². The number of ether oxygens (including phenoxy) is 2. The van der Waals surface area contributed by atoms with Gasteiger partial charge < -0.3 is 9.47 Å². The lowest BCUT2D eigenvalue weighted by Gasteiger charge is -2.19. The molecule has 1 N–H and O–H groups in total. The predicted molar refractivity (Wildman–Crippen MR) is 113 cm³/mol. The van der Waals surface area contributed by atoms with E-state index in [4.69, 9.17) is 9.47 Å². The van der Waals surface area contributed by atoms with Crippen molar-refractivity contribution >= 4 is 16.0 Å². The number of carbonyl (C=O) groups is 1. The van der Waals surface area contributed by atoms with Crippen LogP contribution in [0.15, 0.2) is 83.8 Å². The molecule has 0 heterocycles. The van der Waals surface area contributed by atoms with Crippen molar-refractivity contribution < 1.29 is 22.7 Å². The fourth-order valence-corrected chi connectivity index (χ4v) is 3.97. The van der Waals surface area contributed by atoms with E-state index < -0.39 is 22.0 Å². The van der Waals surface area contributed by atoms with Crippen LogP contribution >= 0.6 is 0 Å². The first-order valence-corrected chi connectivity index (χ1v) is 10.8. The molecule has 3 aromatic carbocycles. The van der Waals surface area contributed by atoms with Crippen LogP contribution < -0.4 is 9.46 Å². The molecule has 0 saturated heterocycles. The molecule has 3 rings (SSSR count). The molecule has 0 amide bonds. The molecule has 0 aliphatic heterocycles. The van der Waals surface area contributed by atoms with Crippen molar-refractivity contribution in [3.05, 3.63) is 95.6 Å². The maximum Gasteiger partial charge on any atom is 0.329 e. The second kappa shape index (κ2) is 9.56. The summed E-state index contributed by atoms with van der Waals surface area (Å²) < 4.78 is 38.8. The summed E-state index contributed by atoms with van der Waals surface area (Å²) in [4.78, 5) is 12.9. The van der Waals surface area contributed by atoms with E-state index in [-0.39, 0.29) is 11.5 Å². The smallest absolute Gasteiger partial charge is 0.329 e. The molecule has 0 unspecified atom stereocenters. The maximum absolute atomic E-state index is 12.9. The van der Waals surface area contributed by atoms with Crippen molar-refractivity contribution in [2.75, 3.05) is 7.11 Å². The Morgan fingerprint density at radius 3 is 2.17 bits per heavy atom. The van der Waals surface area contributed by atoms with E-state index in [0.29, 0.717) is 11.3 Å². The van der Waals surface area contributed by atoms with Crippen LogP contribution in [-0.4, -0.2) is 21.5 Å². The zero-order valence-electron chi connectivity index (χ0n) is 16.7. The first-order chi connectivity index (χ1) is 14.4. The van der Waals surface area contributed by atoms with Gasteiger partial charge in [0, 0.05) is 0 Å². The van der Waals surface area contributed by atoms with Gasteiger partial charge in [0.25, 0.3) is 0 Å². The largest absolute Gasteiger partial charge is 0.497 e. The molecule has 0 saturated carbocycles. The van der Waals surface area contributed by atoms with E-state index >= 15 is 0 Å². The normalized spacial score (nSPS) is 12.2. The highest BCUT2D eigenvalue weighted by atomic mass is 32.2. The Labute approximate surface area is 176 Å². The van der Waals surface area contributed by atoms with Crippen molar-refractivity contribution in [3.8, 4) is 5.75 Å². The molecule has 0 bridgehead atoms. The second-order valence-corrected chi connectivity index (χ2v) is 8.45. The fourth-order valence-electron chi connectivity index (χ4n) is 2.80. The van der Waals surface area contributed by atoms with Gasteiger partial charge in [0.2, 0.25) is 10.0 Å². The Morgan fingerprint density at radius 2 is 1.57 bits per heavy atom. The number of methoxy groups -OCH3 is 1. The number of carbonyl (C=O) groups excluding carboxylic acids is 1. The molecule has 0 aliphatic carbocycles. The molecule has 0 spiro atoms. The van der Waals surface area contributed by atoms with Crippen molar-refractivity contribution in [1.29, 1.82) is 0 Å². The van der Waals surface area contributed by atoms with Gasteiger partial charge in [-0.25, -0.2) is 13.2 Å². The van der Waals surface area contributed by atoms with Gasteiger partial charge in [-0.1, -0.05) is 60.2 Å². The highest BCUT2D eigenvalue weighted by molar-refractivity contribution is 7.89. The molecular weight excluding hydrogens is 402 g/mol. The van der Waals surface area contributed by atoms with E-state index in [1.54, 1.807) is 36.4 Å². The Bertz CT molecular complexity index is 1080. The van der Waals surface area contributed by atoms with Crippen LogP contribution in [0, 0.1) is 6.92 Å². The monoisotopic (exact) mass is 425 g/mol. The van der Waals surface area contributed by atoms with E-state index in [1.165, 1.54) is 19.2 Å². The van der Waals surface area contributed by atoms with E-state index in [2.05, 4.69) is 4.72 Å². The summed E-state index contributed by atoms with van der Waals surface area (Å²) >= 11 is 0. The SMILES string of the molecule is COc1ccc([C@H](NS(=O)(=O)c2ccc(C)cc2)C(=O)OCc2ccccc2)cc1. The second-order valence-electron chi connectivity index (χ2n) is 6.73. The summed E-state index contributed by atoms with van der Waals surface area (Å²) in [5.74, 6) is -0.101. The van der Waals surface area contributed by atoms with Crippen molar-refractivity contribution in [2.24, 2.45) is 0 Å². The van der Waals surface area contributed by atoms with Gasteiger partial charge in [0.15, 0.2) is 0 Å². The Hall–Kier alpha value is -3.16. The molecule has 3 aromatic rings. The molecule has 0 radical (unpaired) electrons. The van der Waals surface area contributed by atoms with Gasteiger partial charge in [0.1, 0.15) is 18.4 Å². The predicted octanol–water partition coefficient (Wildman–Crippen LogP) is 3.77. The van der Waals surface area contributed by atoms with Crippen LogP contribution in [0.1, 0.15) is 22.7 Å². The van der Waals surface area contributed by atoms with E-state index in [0.717, 1.165) is 11.1 Å². The summed E-state index contributed by atoms with van der Waals surface area (Å²) in [6.45, 7) is 1.91. The number of nitrogens with one attached hydrogen (secondary N) is 1.